The zero-order chi connectivity index (χ0) is 16.5. The molecule has 2 atom stereocenters. The fraction of sp³-hybridized carbons (Fsp3) is 0.444. The molecular weight excluding hydrogens is 302 g/mol. The number of carbonyl (C=O) groups is 1. The van der Waals surface area contributed by atoms with E-state index in [9.17, 15) is 4.79 Å². The van der Waals surface area contributed by atoms with Gasteiger partial charge in [0.1, 0.15) is 0 Å². The van der Waals surface area contributed by atoms with Crippen LogP contribution < -0.4 is 4.90 Å². The third-order valence-electron chi connectivity index (χ3n) is 4.96. The van der Waals surface area contributed by atoms with Gasteiger partial charge in [-0.2, -0.15) is 5.10 Å². The molecule has 2 aromatic heterocycles. The van der Waals surface area contributed by atoms with Crippen LogP contribution in [-0.4, -0.2) is 45.1 Å². The van der Waals surface area contributed by atoms with E-state index in [2.05, 4.69) is 20.1 Å². The molecule has 1 amide bonds. The maximum absolute atomic E-state index is 12.9. The van der Waals surface area contributed by atoms with Crippen LogP contribution in [0.2, 0.25) is 0 Å². The van der Waals surface area contributed by atoms with Gasteiger partial charge in [0.15, 0.2) is 5.82 Å². The predicted molar refractivity (Wildman–Crippen MR) is 90.3 cm³/mol. The van der Waals surface area contributed by atoms with E-state index in [4.69, 9.17) is 0 Å². The monoisotopic (exact) mass is 323 g/mol. The van der Waals surface area contributed by atoms with Crippen molar-refractivity contribution in [2.45, 2.75) is 32.4 Å². The second-order valence-corrected chi connectivity index (χ2v) is 6.65. The smallest absolute Gasteiger partial charge is 0.228 e. The van der Waals surface area contributed by atoms with Gasteiger partial charge in [-0.1, -0.05) is 6.07 Å². The van der Waals surface area contributed by atoms with Gasteiger partial charge in [-0.05, 0) is 44.0 Å². The lowest BCUT2D eigenvalue weighted by Crippen LogP contribution is -2.47. The summed E-state index contributed by atoms with van der Waals surface area (Å²) in [4.78, 5) is 21.5. The van der Waals surface area contributed by atoms with Crippen molar-refractivity contribution in [3.8, 4) is 0 Å². The molecule has 5 heterocycles. The number of aromatic nitrogens is 3. The van der Waals surface area contributed by atoms with Crippen LogP contribution in [0, 0.1) is 12.8 Å². The van der Waals surface area contributed by atoms with Crippen LogP contribution in [0.4, 0.5) is 5.82 Å². The van der Waals surface area contributed by atoms with Crippen LogP contribution >= 0.6 is 0 Å². The summed E-state index contributed by atoms with van der Waals surface area (Å²) in [7, 11) is 0. The molecule has 0 saturated carbocycles. The Kier molecular flexibility index (Phi) is 3.88. The fourth-order valence-corrected chi connectivity index (χ4v) is 3.66. The van der Waals surface area contributed by atoms with Crippen molar-refractivity contribution in [1.82, 2.24) is 20.1 Å². The highest BCUT2D eigenvalue weighted by molar-refractivity contribution is 5.81. The molecular formula is C18H21N5O. The first-order chi connectivity index (χ1) is 11.7. The van der Waals surface area contributed by atoms with Gasteiger partial charge in [0.05, 0.1) is 23.9 Å². The Bertz CT molecular complexity index is 718. The SMILES string of the molecule is Cc1ccc(N2CC3CCC(C2)N(Cc2ccccn2)C3=O)nn1. The molecule has 6 heteroatoms. The van der Waals surface area contributed by atoms with Gasteiger partial charge >= 0.3 is 0 Å². The molecule has 3 saturated heterocycles. The molecule has 3 aliphatic heterocycles. The lowest BCUT2D eigenvalue weighted by atomic mass is 9.94. The van der Waals surface area contributed by atoms with Crippen LogP contribution in [0.5, 0.6) is 0 Å². The predicted octanol–water partition coefficient (Wildman–Crippen LogP) is 1.81. The molecule has 0 N–H and O–H groups in total. The number of anilines is 1. The van der Waals surface area contributed by atoms with Crippen LogP contribution in [0.3, 0.4) is 0 Å². The van der Waals surface area contributed by atoms with Gasteiger partial charge < -0.3 is 9.80 Å². The number of carbonyl (C=O) groups excluding carboxylic acids is 1. The quantitative estimate of drug-likeness (QED) is 0.862. The normalized spacial score (nSPS) is 23.5. The van der Waals surface area contributed by atoms with Gasteiger partial charge in [0, 0.05) is 25.3 Å². The van der Waals surface area contributed by atoms with E-state index in [0.717, 1.165) is 43.1 Å². The minimum Gasteiger partial charge on any atom is -0.352 e. The highest BCUT2D eigenvalue weighted by Gasteiger charge is 2.41. The van der Waals surface area contributed by atoms with Crippen molar-refractivity contribution >= 4 is 11.7 Å². The average molecular weight is 323 g/mol. The Balaban J connectivity index is 1.57. The largest absolute Gasteiger partial charge is 0.352 e. The van der Waals surface area contributed by atoms with Crippen molar-refractivity contribution in [2.75, 3.05) is 18.0 Å². The summed E-state index contributed by atoms with van der Waals surface area (Å²) < 4.78 is 0. The Morgan fingerprint density at radius 1 is 1.12 bits per heavy atom. The molecule has 3 fully saturated rings. The van der Waals surface area contributed by atoms with Crippen molar-refractivity contribution < 1.29 is 4.79 Å². The molecule has 124 valence electrons. The van der Waals surface area contributed by atoms with Gasteiger partial charge in [-0.15, -0.1) is 5.10 Å². The second-order valence-electron chi connectivity index (χ2n) is 6.65. The fourth-order valence-electron chi connectivity index (χ4n) is 3.66. The number of hydrogen-bond donors (Lipinski definition) is 0. The highest BCUT2D eigenvalue weighted by atomic mass is 16.2. The number of piperidine rings is 1. The zero-order valence-electron chi connectivity index (χ0n) is 13.8. The highest BCUT2D eigenvalue weighted by Crippen LogP contribution is 2.31. The van der Waals surface area contributed by atoms with Gasteiger partial charge in [-0.25, -0.2) is 0 Å². The average Bonchev–Trinajstić information content (AvgIpc) is 2.89. The summed E-state index contributed by atoms with van der Waals surface area (Å²) >= 11 is 0. The molecule has 0 aliphatic carbocycles. The number of fused-ring (bicyclic) bond motifs is 4. The van der Waals surface area contributed by atoms with E-state index < -0.39 is 0 Å². The van der Waals surface area contributed by atoms with E-state index in [1.54, 1.807) is 6.20 Å². The summed E-state index contributed by atoms with van der Waals surface area (Å²) in [6, 6.07) is 10.0. The van der Waals surface area contributed by atoms with Gasteiger partial charge in [-0.3, -0.25) is 9.78 Å². The van der Waals surface area contributed by atoms with Crippen LogP contribution in [-0.2, 0) is 11.3 Å². The first kappa shape index (κ1) is 15.1. The molecule has 6 nitrogen and oxygen atoms in total. The topological polar surface area (TPSA) is 62.2 Å². The first-order valence-corrected chi connectivity index (χ1v) is 8.46. The maximum atomic E-state index is 12.9. The van der Waals surface area contributed by atoms with E-state index in [1.807, 2.05) is 42.2 Å². The molecule has 0 aromatic carbocycles. The van der Waals surface area contributed by atoms with Crippen molar-refractivity contribution in [3.05, 3.63) is 47.9 Å². The number of aryl methyl sites for hydroxylation is 1. The number of nitrogens with zero attached hydrogens (tertiary/aromatic N) is 5. The molecule has 5 rings (SSSR count). The Morgan fingerprint density at radius 2 is 2.04 bits per heavy atom. The Labute approximate surface area is 141 Å². The van der Waals surface area contributed by atoms with Crippen molar-refractivity contribution in [3.63, 3.8) is 0 Å². The van der Waals surface area contributed by atoms with Crippen LogP contribution in [0.15, 0.2) is 36.5 Å². The molecule has 2 bridgehead atoms. The third-order valence-corrected chi connectivity index (χ3v) is 4.96. The third kappa shape index (κ3) is 2.84. The Hall–Kier alpha value is -2.50. The summed E-state index contributed by atoms with van der Waals surface area (Å²) in [6.45, 7) is 4.06. The second kappa shape index (κ2) is 6.19. The molecule has 0 radical (unpaired) electrons. The minimum absolute atomic E-state index is 0.0376. The van der Waals surface area contributed by atoms with Crippen molar-refractivity contribution in [1.29, 1.82) is 0 Å². The minimum atomic E-state index is 0.0376. The van der Waals surface area contributed by atoms with Gasteiger partial charge in [0.25, 0.3) is 0 Å². The maximum Gasteiger partial charge on any atom is 0.228 e. The summed E-state index contributed by atoms with van der Waals surface area (Å²) in [5, 5.41) is 8.47. The van der Waals surface area contributed by atoms with E-state index in [1.165, 1.54) is 0 Å². The van der Waals surface area contributed by atoms with Crippen LogP contribution in [0.25, 0.3) is 0 Å². The zero-order valence-corrected chi connectivity index (χ0v) is 13.8. The number of amides is 1. The standard InChI is InChI=1S/C18H21N5O/c1-13-5-8-17(21-20-13)22-10-14-6-7-16(12-22)23(18(14)24)11-15-4-2-3-9-19-15/h2-5,8-9,14,16H,6-7,10-12H2,1H3. The van der Waals surface area contributed by atoms with E-state index in [-0.39, 0.29) is 17.9 Å². The molecule has 0 spiro atoms. The molecule has 2 aromatic rings. The summed E-state index contributed by atoms with van der Waals surface area (Å²) in [5.41, 5.74) is 1.85. The Morgan fingerprint density at radius 3 is 2.79 bits per heavy atom. The number of hydrogen-bond acceptors (Lipinski definition) is 5. The number of pyridine rings is 1. The molecule has 2 unspecified atom stereocenters. The first-order valence-electron chi connectivity index (χ1n) is 8.46. The summed E-state index contributed by atoms with van der Waals surface area (Å²) in [5.74, 6) is 1.15. The summed E-state index contributed by atoms with van der Waals surface area (Å²) in [6.07, 6.45) is 3.78. The van der Waals surface area contributed by atoms with Gasteiger partial charge in [0.2, 0.25) is 5.91 Å². The lowest BCUT2D eigenvalue weighted by molar-refractivity contribution is -0.140. The molecule has 3 aliphatic rings. The van der Waals surface area contributed by atoms with E-state index in [0.29, 0.717) is 6.54 Å². The van der Waals surface area contributed by atoms with Crippen molar-refractivity contribution in [2.24, 2.45) is 5.92 Å². The molecule has 24 heavy (non-hydrogen) atoms. The van der Waals surface area contributed by atoms with Crippen LogP contribution in [0.1, 0.15) is 24.2 Å². The van der Waals surface area contributed by atoms with E-state index >= 15 is 0 Å². The number of rotatable bonds is 3. The lowest BCUT2D eigenvalue weighted by Gasteiger charge is -2.35.